The van der Waals surface area contributed by atoms with Gasteiger partial charge in [0.25, 0.3) is 0 Å². The van der Waals surface area contributed by atoms with Crippen LogP contribution in [0.1, 0.15) is 39.5 Å². The van der Waals surface area contributed by atoms with Crippen LogP contribution in [0.2, 0.25) is 0 Å². The van der Waals surface area contributed by atoms with Crippen molar-refractivity contribution in [3.63, 3.8) is 0 Å². The molecule has 3 rings (SSSR count). The van der Waals surface area contributed by atoms with E-state index in [-0.39, 0.29) is 16.7 Å². The number of nitrogens with one attached hydrogen (secondary N) is 1. The summed E-state index contributed by atoms with van der Waals surface area (Å²) in [5.41, 5.74) is 1.03. The molecule has 0 amide bonds. The van der Waals surface area contributed by atoms with E-state index < -0.39 is 0 Å². The maximum Gasteiger partial charge on any atom is 0.333 e. The van der Waals surface area contributed by atoms with Crippen molar-refractivity contribution < 1.29 is 9.66 Å². The number of ether oxygens (including phenoxy) is 1. The van der Waals surface area contributed by atoms with Crippen LogP contribution in [0, 0.1) is 21.4 Å². The van der Waals surface area contributed by atoms with Crippen molar-refractivity contribution in [1.29, 1.82) is 0 Å². The van der Waals surface area contributed by atoms with Crippen LogP contribution in [0.4, 0.5) is 11.4 Å². The van der Waals surface area contributed by atoms with Crippen molar-refractivity contribution in [2.75, 3.05) is 11.9 Å². The van der Waals surface area contributed by atoms with E-state index in [9.17, 15) is 10.1 Å². The molecule has 0 radical (unpaired) electrons. The number of nitro benzene ring substituents is 1. The molecule has 2 aliphatic rings. The molecule has 0 aromatic heterocycles. The monoisotopic (exact) mass is 290 g/mol. The van der Waals surface area contributed by atoms with Gasteiger partial charge in [0.2, 0.25) is 0 Å². The summed E-state index contributed by atoms with van der Waals surface area (Å²) in [5.74, 6) is 1.18. The van der Waals surface area contributed by atoms with Gasteiger partial charge in [-0.25, -0.2) is 0 Å². The molecule has 1 N–H and O–H groups in total. The topological polar surface area (TPSA) is 64.4 Å². The summed E-state index contributed by atoms with van der Waals surface area (Å²) in [6.45, 7) is 4.58. The molecular formula is C16H22N2O3. The van der Waals surface area contributed by atoms with Gasteiger partial charge in [-0.1, -0.05) is 6.07 Å². The maximum absolute atomic E-state index is 11.4. The Balaban J connectivity index is 1.78. The molecule has 0 atom stereocenters. The van der Waals surface area contributed by atoms with Gasteiger partial charge in [0.1, 0.15) is 5.69 Å². The molecule has 5 nitrogen and oxygen atoms in total. The fourth-order valence-electron chi connectivity index (χ4n) is 3.06. The Morgan fingerprint density at radius 2 is 2.14 bits per heavy atom. The van der Waals surface area contributed by atoms with E-state index in [0.29, 0.717) is 16.9 Å². The van der Waals surface area contributed by atoms with Crippen LogP contribution in [0.5, 0.6) is 5.75 Å². The van der Waals surface area contributed by atoms with Gasteiger partial charge >= 0.3 is 5.69 Å². The lowest BCUT2D eigenvalue weighted by Crippen LogP contribution is -2.18. The van der Waals surface area contributed by atoms with E-state index in [4.69, 9.17) is 4.74 Å². The van der Waals surface area contributed by atoms with Gasteiger partial charge in [-0.3, -0.25) is 10.1 Å². The van der Waals surface area contributed by atoms with Crippen LogP contribution in [0.15, 0.2) is 18.2 Å². The second kappa shape index (κ2) is 5.20. The Morgan fingerprint density at radius 3 is 2.67 bits per heavy atom. The van der Waals surface area contributed by atoms with E-state index in [2.05, 4.69) is 5.32 Å². The molecule has 5 heteroatoms. The van der Waals surface area contributed by atoms with Crippen LogP contribution < -0.4 is 10.1 Å². The molecule has 114 valence electrons. The highest BCUT2D eigenvalue weighted by molar-refractivity contribution is 5.68. The molecule has 2 fully saturated rings. The zero-order chi connectivity index (χ0) is 15.0. The van der Waals surface area contributed by atoms with Gasteiger partial charge in [0.05, 0.1) is 11.0 Å². The average Bonchev–Trinajstić information content (AvgIpc) is 3.27. The van der Waals surface area contributed by atoms with Gasteiger partial charge in [-0.2, -0.15) is 0 Å². The molecule has 0 aliphatic heterocycles. The van der Waals surface area contributed by atoms with Gasteiger partial charge < -0.3 is 10.1 Å². The third-order valence-corrected chi connectivity index (χ3v) is 4.51. The fraction of sp³-hybridized carbons (Fsp3) is 0.625. The molecule has 0 bridgehead atoms. The average molecular weight is 290 g/mol. The fourth-order valence-corrected chi connectivity index (χ4v) is 3.06. The Labute approximate surface area is 124 Å². The first kappa shape index (κ1) is 14.2. The second-order valence-electron chi connectivity index (χ2n) is 6.57. The number of para-hydroxylation sites is 1. The van der Waals surface area contributed by atoms with Crippen molar-refractivity contribution in [2.45, 2.75) is 45.6 Å². The number of anilines is 1. The molecule has 1 aromatic rings. The normalized spacial score (nSPS) is 19.4. The van der Waals surface area contributed by atoms with E-state index in [1.165, 1.54) is 25.7 Å². The SMILES string of the molecule is CC(C)Oc1cccc(NCC2(C3CC3)CC2)c1[N+](=O)[O-]. The molecule has 0 heterocycles. The molecule has 0 unspecified atom stereocenters. The molecule has 2 aliphatic carbocycles. The van der Waals surface area contributed by atoms with Gasteiger partial charge in [0, 0.05) is 6.54 Å². The first-order valence-corrected chi connectivity index (χ1v) is 7.70. The second-order valence-corrected chi connectivity index (χ2v) is 6.57. The minimum atomic E-state index is -0.350. The Kier molecular flexibility index (Phi) is 3.51. The molecule has 0 saturated heterocycles. The van der Waals surface area contributed by atoms with E-state index in [0.717, 1.165) is 12.5 Å². The highest BCUT2D eigenvalue weighted by atomic mass is 16.6. The maximum atomic E-state index is 11.4. The summed E-state index contributed by atoms with van der Waals surface area (Å²) >= 11 is 0. The van der Waals surface area contributed by atoms with Gasteiger partial charge in [-0.15, -0.1) is 0 Å². The lowest BCUT2D eigenvalue weighted by Gasteiger charge is -2.17. The van der Waals surface area contributed by atoms with Gasteiger partial charge in [-0.05, 0) is 63.0 Å². The van der Waals surface area contributed by atoms with Crippen molar-refractivity contribution in [3.05, 3.63) is 28.3 Å². The summed E-state index contributed by atoms with van der Waals surface area (Å²) in [4.78, 5) is 11.0. The van der Waals surface area contributed by atoms with Gasteiger partial charge in [0.15, 0.2) is 5.75 Å². The van der Waals surface area contributed by atoms with Crippen LogP contribution >= 0.6 is 0 Å². The van der Waals surface area contributed by atoms with Crippen molar-refractivity contribution in [2.24, 2.45) is 11.3 Å². The van der Waals surface area contributed by atoms with Crippen LogP contribution in [-0.4, -0.2) is 17.6 Å². The van der Waals surface area contributed by atoms with E-state index in [1.807, 2.05) is 19.9 Å². The third-order valence-electron chi connectivity index (χ3n) is 4.51. The minimum Gasteiger partial charge on any atom is -0.484 e. The Hall–Kier alpha value is -1.78. The minimum absolute atomic E-state index is 0.0535. The first-order valence-electron chi connectivity index (χ1n) is 7.70. The zero-order valence-electron chi connectivity index (χ0n) is 12.6. The number of hydrogen-bond acceptors (Lipinski definition) is 4. The van der Waals surface area contributed by atoms with Crippen molar-refractivity contribution in [1.82, 2.24) is 0 Å². The molecule has 0 spiro atoms. The summed E-state index contributed by atoms with van der Waals surface area (Å²) in [6.07, 6.45) is 5.06. The lowest BCUT2D eigenvalue weighted by molar-refractivity contribution is -0.385. The van der Waals surface area contributed by atoms with E-state index in [1.54, 1.807) is 12.1 Å². The number of rotatable bonds is 7. The zero-order valence-corrected chi connectivity index (χ0v) is 12.6. The lowest BCUT2D eigenvalue weighted by atomic mass is 10.0. The third kappa shape index (κ3) is 2.96. The predicted molar refractivity (Wildman–Crippen MR) is 81.7 cm³/mol. The summed E-state index contributed by atoms with van der Waals surface area (Å²) in [5, 5.41) is 14.7. The summed E-state index contributed by atoms with van der Waals surface area (Å²) in [7, 11) is 0. The molecular weight excluding hydrogens is 268 g/mol. The number of nitrogens with zero attached hydrogens (tertiary/aromatic N) is 1. The predicted octanol–water partition coefficient (Wildman–Crippen LogP) is 3.98. The summed E-state index contributed by atoms with van der Waals surface area (Å²) in [6, 6.07) is 5.25. The number of hydrogen-bond donors (Lipinski definition) is 1. The van der Waals surface area contributed by atoms with Crippen molar-refractivity contribution in [3.8, 4) is 5.75 Å². The highest BCUT2D eigenvalue weighted by Gasteiger charge is 2.53. The standard InChI is InChI=1S/C16H22N2O3/c1-11(2)21-14-5-3-4-13(15(14)18(19)20)17-10-16(8-9-16)12-6-7-12/h3-5,11-12,17H,6-10H2,1-2H3. The van der Waals surface area contributed by atoms with Crippen LogP contribution in [0.3, 0.4) is 0 Å². The Bertz CT molecular complexity index is 548. The smallest absolute Gasteiger partial charge is 0.333 e. The molecule has 2 saturated carbocycles. The van der Waals surface area contributed by atoms with Crippen molar-refractivity contribution >= 4 is 11.4 Å². The largest absolute Gasteiger partial charge is 0.484 e. The quantitative estimate of drug-likeness (QED) is 0.609. The molecule has 1 aromatic carbocycles. The van der Waals surface area contributed by atoms with E-state index >= 15 is 0 Å². The number of benzene rings is 1. The first-order chi connectivity index (χ1) is 10.0. The summed E-state index contributed by atoms with van der Waals surface area (Å²) < 4.78 is 5.57. The molecule has 21 heavy (non-hydrogen) atoms. The Morgan fingerprint density at radius 1 is 1.43 bits per heavy atom. The van der Waals surface area contributed by atoms with Crippen LogP contribution in [-0.2, 0) is 0 Å². The highest BCUT2D eigenvalue weighted by Crippen LogP contribution is 2.61. The van der Waals surface area contributed by atoms with Crippen LogP contribution in [0.25, 0.3) is 0 Å². The number of nitro groups is 1.